The van der Waals surface area contributed by atoms with Crippen LogP contribution in [0.2, 0.25) is 0 Å². The van der Waals surface area contributed by atoms with E-state index in [1.165, 1.54) is 12.1 Å². The summed E-state index contributed by atoms with van der Waals surface area (Å²) in [5, 5.41) is 0.706. The highest BCUT2D eigenvalue weighted by Gasteiger charge is 2.12. The standard InChI is InChI=1S/C13H16FNO3/c1-16-4-5-17-8-11(15)13-7-9-6-10(14)2-3-12(9)18-13/h2-3,6-7,11H,4-5,8,15H2,1H3. The number of hydrogen-bond acceptors (Lipinski definition) is 4. The van der Waals surface area contributed by atoms with Crippen molar-refractivity contribution in [3.05, 3.63) is 35.8 Å². The average molecular weight is 253 g/mol. The van der Waals surface area contributed by atoms with E-state index in [9.17, 15) is 4.39 Å². The van der Waals surface area contributed by atoms with Gasteiger partial charge >= 0.3 is 0 Å². The molecule has 0 spiro atoms. The Hall–Kier alpha value is -1.43. The van der Waals surface area contributed by atoms with Crippen molar-refractivity contribution in [2.24, 2.45) is 5.73 Å². The first-order chi connectivity index (χ1) is 8.70. The van der Waals surface area contributed by atoms with Gasteiger partial charge in [0.25, 0.3) is 0 Å². The Morgan fingerprint density at radius 2 is 2.17 bits per heavy atom. The summed E-state index contributed by atoms with van der Waals surface area (Å²) in [6.07, 6.45) is 0. The third kappa shape index (κ3) is 3.07. The largest absolute Gasteiger partial charge is 0.459 e. The van der Waals surface area contributed by atoms with Crippen LogP contribution in [-0.4, -0.2) is 26.9 Å². The summed E-state index contributed by atoms with van der Waals surface area (Å²) in [6, 6.07) is 5.74. The molecule has 2 rings (SSSR count). The number of furan rings is 1. The van der Waals surface area contributed by atoms with Gasteiger partial charge in [0, 0.05) is 12.5 Å². The quantitative estimate of drug-likeness (QED) is 0.802. The molecular weight excluding hydrogens is 237 g/mol. The summed E-state index contributed by atoms with van der Waals surface area (Å²) < 4.78 is 28.7. The van der Waals surface area contributed by atoms with Crippen LogP contribution in [0, 0.1) is 5.82 Å². The number of ether oxygens (including phenoxy) is 2. The van der Waals surface area contributed by atoms with Gasteiger partial charge in [-0.25, -0.2) is 4.39 Å². The first kappa shape index (κ1) is 13.0. The molecule has 1 atom stereocenters. The van der Waals surface area contributed by atoms with Crippen molar-refractivity contribution in [3.8, 4) is 0 Å². The summed E-state index contributed by atoms with van der Waals surface area (Å²) in [5.41, 5.74) is 6.55. The number of halogens is 1. The third-order valence-electron chi connectivity index (χ3n) is 2.59. The minimum atomic E-state index is -0.364. The van der Waals surface area contributed by atoms with Crippen LogP contribution in [0.5, 0.6) is 0 Å². The molecule has 0 saturated carbocycles. The molecule has 1 heterocycles. The fourth-order valence-corrected chi connectivity index (χ4v) is 1.65. The summed E-state index contributed by atoms with van der Waals surface area (Å²) in [4.78, 5) is 0. The van der Waals surface area contributed by atoms with Crippen LogP contribution in [0.25, 0.3) is 11.0 Å². The summed E-state index contributed by atoms with van der Waals surface area (Å²) in [7, 11) is 1.61. The molecule has 0 bridgehead atoms. The Balaban J connectivity index is 2.01. The highest BCUT2D eigenvalue weighted by atomic mass is 19.1. The van der Waals surface area contributed by atoms with Crippen LogP contribution in [-0.2, 0) is 9.47 Å². The van der Waals surface area contributed by atoms with Gasteiger partial charge in [0.2, 0.25) is 0 Å². The van der Waals surface area contributed by atoms with Crippen molar-refractivity contribution in [2.45, 2.75) is 6.04 Å². The average Bonchev–Trinajstić information content (AvgIpc) is 2.77. The van der Waals surface area contributed by atoms with E-state index in [1.807, 2.05) is 0 Å². The van der Waals surface area contributed by atoms with Crippen molar-refractivity contribution in [3.63, 3.8) is 0 Å². The third-order valence-corrected chi connectivity index (χ3v) is 2.59. The van der Waals surface area contributed by atoms with Crippen LogP contribution in [0.1, 0.15) is 11.8 Å². The molecule has 0 radical (unpaired) electrons. The molecule has 5 heteroatoms. The molecule has 4 nitrogen and oxygen atoms in total. The molecule has 18 heavy (non-hydrogen) atoms. The van der Waals surface area contributed by atoms with Crippen molar-refractivity contribution in [1.82, 2.24) is 0 Å². The maximum atomic E-state index is 13.0. The van der Waals surface area contributed by atoms with Crippen molar-refractivity contribution >= 4 is 11.0 Å². The smallest absolute Gasteiger partial charge is 0.134 e. The normalized spacial score (nSPS) is 13.1. The monoisotopic (exact) mass is 253 g/mol. The highest BCUT2D eigenvalue weighted by Crippen LogP contribution is 2.23. The Morgan fingerprint density at radius 1 is 1.33 bits per heavy atom. The second-order valence-corrected chi connectivity index (χ2v) is 4.01. The highest BCUT2D eigenvalue weighted by molar-refractivity contribution is 5.77. The van der Waals surface area contributed by atoms with Gasteiger partial charge in [0.1, 0.15) is 17.2 Å². The second kappa shape index (κ2) is 5.95. The number of fused-ring (bicyclic) bond motifs is 1. The van der Waals surface area contributed by atoms with Gasteiger partial charge in [-0.3, -0.25) is 0 Å². The van der Waals surface area contributed by atoms with E-state index in [-0.39, 0.29) is 11.9 Å². The Morgan fingerprint density at radius 3 is 2.94 bits per heavy atom. The van der Waals surface area contributed by atoms with E-state index in [4.69, 9.17) is 19.6 Å². The summed E-state index contributed by atoms with van der Waals surface area (Å²) >= 11 is 0. The lowest BCUT2D eigenvalue weighted by atomic mass is 10.2. The van der Waals surface area contributed by atoms with Crippen LogP contribution >= 0.6 is 0 Å². The van der Waals surface area contributed by atoms with Crippen molar-refractivity contribution < 1.29 is 18.3 Å². The Kier molecular flexibility index (Phi) is 4.30. The fraction of sp³-hybridized carbons (Fsp3) is 0.385. The Bertz CT molecular complexity index is 512. The molecule has 0 aliphatic rings. The molecule has 0 aliphatic carbocycles. The molecule has 1 aromatic heterocycles. The second-order valence-electron chi connectivity index (χ2n) is 4.01. The topological polar surface area (TPSA) is 57.6 Å². The molecule has 0 aliphatic heterocycles. The number of methoxy groups -OCH3 is 1. The molecule has 2 aromatic rings. The van der Waals surface area contributed by atoms with E-state index >= 15 is 0 Å². The number of nitrogens with two attached hydrogens (primary N) is 1. The van der Waals surface area contributed by atoms with Gasteiger partial charge in [0.15, 0.2) is 0 Å². The van der Waals surface area contributed by atoms with Crippen LogP contribution in [0.4, 0.5) is 4.39 Å². The zero-order chi connectivity index (χ0) is 13.0. The van der Waals surface area contributed by atoms with Crippen LogP contribution < -0.4 is 5.73 Å². The first-order valence-electron chi connectivity index (χ1n) is 5.72. The predicted octanol–water partition coefficient (Wildman–Crippen LogP) is 2.23. The van der Waals surface area contributed by atoms with E-state index in [0.29, 0.717) is 36.6 Å². The first-order valence-corrected chi connectivity index (χ1v) is 5.72. The van der Waals surface area contributed by atoms with Gasteiger partial charge in [-0.1, -0.05) is 0 Å². The Labute approximate surface area is 104 Å². The SMILES string of the molecule is COCCOCC(N)c1cc2cc(F)ccc2o1. The van der Waals surface area contributed by atoms with Crippen molar-refractivity contribution in [2.75, 3.05) is 26.9 Å². The molecular formula is C13H16FNO3. The summed E-state index contributed by atoms with van der Waals surface area (Å²) in [6.45, 7) is 1.35. The van der Waals surface area contributed by atoms with Gasteiger partial charge in [-0.05, 0) is 24.3 Å². The molecule has 0 amide bonds. The number of hydrogen-bond donors (Lipinski definition) is 1. The lowest BCUT2D eigenvalue weighted by molar-refractivity contribution is 0.0612. The van der Waals surface area contributed by atoms with Crippen LogP contribution in [0.15, 0.2) is 28.7 Å². The fourth-order valence-electron chi connectivity index (χ4n) is 1.65. The zero-order valence-electron chi connectivity index (χ0n) is 10.2. The van der Waals surface area contributed by atoms with Gasteiger partial charge < -0.3 is 19.6 Å². The number of rotatable bonds is 6. The lowest BCUT2D eigenvalue weighted by Crippen LogP contribution is -2.17. The van der Waals surface area contributed by atoms with E-state index < -0.39 is 0 Å². The molecule has 0 fully saturated rings. The maximum Gasteiger partial charge on any atom is 0.134 e. The van der Waals surface area contributed by atoms with Gasteiger partial charge in [-0.2, -0.15) is 0 Å². The zero-order valence-corrected chi connectivity index (χ0v) is 10.2. The molecule has 1 unspecified atom stereocenters. The van der Waals surface area contributed by atoms with Gasteiger partial charge in [0.05, 0.1) is 25.9 Å². The van der Waals surface area contributed by atoms with E-state index in [2.05, 4.69) is 0 Å². The minimum absolute atomic E-state index is 0.292. The predicted molar refractivity (Wildman–Crippen MR) is 65.8 cm³/mol. The van der Waals surface area contributed by atoms with E-state index in [0.717, 1.165) is 0 Å². The van der Waals surface area contributed by atoms with Crippen LogP contribution in [0.3, 0.4) is 0 Å². The summed E-state index contributed by atoms with van der Waals surface area (Å²) in [5.74, 6) is 0.299. The minimum Gasteiger partial charge on any atom is -0.459 e. The van der Waals surface area contributed by atoms with Crippen molar-refractivity contribution in [1.29, 1.82) is 0 Å². The number of benzene rings is 1. The molecule has 98 valence electrons. The molecule has 0 saturated heterocycles. The maximum absolute atomic E-state index is 13.0. The molecule has 1 aromatic carbocycles. The van der Waals surface area contributed by atoms with E-state index in [1.54, 1.807) is 19.2 Å². The van der Waals surface area contributed by atoms with Gasteiger partial charge in [-0.15, -0.1) is 0 Å². The molecule has 2 N–H and O–H groups in total. The lowest BCUT2D eigenvalue weighted by Gasteiger charge is -2.08.